The van der Waals surface area contributed by atoms with Crippen LogP contribution in [0.5, 0.6) is 0 Å². The monoisotopic (exact) mass is 257 g/mol. The normalized spacial score (nSPS) is 23.8. The standard InChI is InChI=1S/C16H23N3/c1-13-6-8-14(9-7-13)17-10-11-19-12-18-15-4-2-3-5-16(15)19/h2-5,12-14,17H,6-11H2,1H3. The molecule has 0 unspecified atom stereocenters. The van der Waals surface area contributed by atoms with Crippen molar-refractivity contribution in [3.05, 3.63) is 30.6 Å². The number of fused-ring (bicyclic) bond motifs is 1. The van der Waals surface area contributed by atoms with Crippen LogP contribution < -0.4 is 5.32 Å². The number of imidazole rings is 1. The van der Waals surface area contributed by atoms with Crippen LogP contribution in [-0.4, -0.2) is 22.1 Å². The lowest BCUT2D eigenvalue weighted by molar-refractivity contribution is 0.305. The third-order valence-electron chi connectivity index (χ3n) is 4.33. The van der Waals surface area contributed by atoms with Gasteiger partial charge in [-0.15, -0.1) is 0 Å². The van der Waals surface area contributed by atoms with Gasteiger partial charge in [0.1, 0.15) is 0 Å². The summed E-state index contributed by atoms with van der Waals surface area (Å²) in [7, 11) is 0. The molecule has 0 saturated heterocycles. The first-order valence-corrected chi connectivity index (χ1v) is 7.46. The van der Waals surface area contributed by atoms with Crippen LogP contribution in [-0.2, 0) is 6.54 Å². The van der Waals surface area contributed by atoms with Gasteiger partial charge < -0.3 is 9.88 Å². The maximum atomic E-state index is 4.43. The Labute approximate surface area is 115 Å². The van der Waals surface area contributed by atoms with Gasteiger partial charge in [-0.1, -0.05) is 19.1 Å². The molecule has 0 amide bonds. The van der Waals surface area contributed by atoms with Gasteiger partial charge >= 0.3 is 0 Å². The van der Waals surface area contributed by atoms with Crippen LogP contribution in [0.2, 0.25) is 0 Å². The molecular formula is C16H23N3. The highest BCUT2D eigenvalue weighted by Gasteiger charge is 2.17. The summed E-state index contributed by atoms with van der Waals surface area (Å²) in [5, 5.41) is 3.70. The van der Waals surface area contributed by atoms with Crippen molar-refractivity contribution in [3.8, 4) is 0 Å². The average Bonchev–Trinajstić information content (AvgIpc) is 2.85. The first-order valence-electron chi connectivity index (χ1n) is 7.46. The molecule has 0 spiro atoms. The summed E-state index contributed by atoms with van der Waals surface area (Å²) < 4.78 is 2.24. The van der Waals surface area contributed by atoms with Gasteiger partial charge in [-0.25, -0.2) is 4.98 Å². The Kier molecular flexibility index (Phi) is 3.83. The fourth-order valence-electron chi connectivity index (χ4n) is 3.04. The van der Waals surface area contributed by atoms with Crippen LogP contribution in [0.4, 0.5) is 0 Å². The van der Waals surface area contributed by atoms with Crippen molar-refractivity contribution in [2.45, 2.75) is 45.2 Å². The second kappa shape index (κ2) is 5.74. The number of hydrogen-bond acceptors (Lipinski definition) is 2. The van der Waals surface area contributed by atoms with Gasteiger partial charge in [-0.2, -0.15) is 0 Å². The van der Waals surface area contributed by atoms with Gasteiger partial charge in [0.2, 0.25) is 0 Å². The van der Waals surface area contributed by atoms with Crippen LogP contribution in [0.15, 0.2) is 30.6 Å². The Hall–Kier alpha value is -1.35. The molecule has 1 aliphatic rings. The topological polar surface area (TPSA) is 29.9 Å². The maximum absolute atomic E-state index is 4.43. The van der Waals surface area contributed by atoms with Gasteiger partial charge in [-0.3, -0.25) is 0 Å². The lowest BCUT2D eigenvalue weighted by Crippen LogP contribution is -2.34. The number of hydrogen-bond donors (Lipinski definition) is 1. The van der Waals surface area contributed by atoms with Gasteiger partial charge in [0.25, 0.3) is 0 Å². The number of nitrogens with zero attached hydrogens (tertiary/aromatic N) is 2. The summed E-state index contributed by atoms with van der Waals surface area (Å²) in [6, 6.07) is 9.07. The molecule has 3 rings (SSSR count). The minimum atomic E-state index is 0.728. The van der Waals surface area contributed by atoms with E-state index < -0.39 is 0 Å². The SMILES string of the molecule is CC1CCC(NCCn2cnc3ccccc32)CC1. The van der Waals surface area contributed by atoms with E-state index in [4.69, 9.17) is 0 Å². The highest BCUT2D eigenvalue weighted by Crippen LogP contribution is 2.23. The van der Waals surface area contributed by atoms with Gasteiger partial charge in [0.15, 0.2) is 0 Å². The summed E-state index contributed by atoms with van der Waals surface area (Å²) in [6.07, 6.45) is 7.39. The van der Waals surface area contributed by atoms with E-state index >= 15 is 0 Å². The van der Waals surface area contributed by atoms with Gasteiger partial charge in [0, 0.05) is 19.1 Å². The predicted molar refractivity (Wildman–Crippen MR) is 79.2 cm³/mol. The van der Waals surface area contributed by atoms with Crippen molar-refractivity contribution in [3.63, 3.8) is 0 Å². The molecule has 1 heterocycles. The molecule has 0 aliphatic heterocycles. The summed E-state index contributed by atoms with van der Waals surface area (Å²) in [6.45, 7) is 4.42. The second-order valence-corrected chi connectivity index (χ2v) is 5.84. The minimum Gasteiger partial charge on any atom is -0.329 e. The highest BCUT2D eigenvalue weighted by molar-refractivity contribution is 5.74. The summed E-state index contributed by atoms with van der Waals surface area (Å²) >= 11 is 0. The summed E-state index contributed by atoms with van der Waals surface area (Å²) in [5.41, 5.74) is 2.33. The first kappa shape index (κ1) is 12.7. The van der Waals surface area contributed by atoms with E-state index in [9.17, 15) is 0 Å². The molecular weight excluding hydrogens is 234 g/mol. The van der Waals surface area contributed by atoms with Crippen molar-refractivity contribution >= 4 is 11.0 Å². The number of aromatic nitrogens is 2. The molecule has 1 saturated carbocycles. The second-order valence-electron chi connectivity index (χ2n) is 5.84. The maximum Gasteiger partial charge on any atom is 0.0958 e. The van der Waals surface area contributed by atoms with Crippen molar-refractivity contribution < 1.29 is 0 Å². The smallest absolute Gasteiger partial charge is 0.0958 e. The third-order valence-corrected chi connectivity index (χ3v) is 4.33. The molecule has 3 heteroatoms. The predicted octanol–water partition coefficient (Wildman–Crippen LogP) is 3.20. The van der Waals surface area contributed by atoms with Crippen molar-refractivity contribution in [2.24, 2.45) is 5.92 Å². The summed E-state index contributed by atoms with van der Waals surface area (Å²) in [5.74, 6) is 0.927. The Balaban J connectivity index is 1.52. The van der Waals surface area contributed by atoms with Crippen molar-refractivity contribution in [2.75, 3.05) is 6.54 Å². The van der Waals surface area contributed by atoms with Crippen LogP contribution in [0.25, 0.3) is 11.0 Å². The van der Waals surface area contributed by atoms with Gasteiger partial charge in [-0.05, 0) is 43.7 Å². The van der Waals surface area contributed by atoms with Crippen LogP contribution >= 0.6 is 0 Å². The van der Waals surface area contributed by atoms with E-state index in [1.54, 1.807) is 0 Å². The Morgan fingerprint density at radius 1 is 1.21 bits per heavy atom. The lowest BCUT2D eigenvalue weighted by atomic mass is 9.87. The Bertz CT molecular complexity index is 524. The third kappa shape index (κ3) is 2.98. The zero-order chi connectivity index (χ0) is 13.1. The van der Waals surface area contributed by atoms with Crippen molar-refractivity contribution in [1.82, 2.24) is 14.9 Å². The zero-order valence-electron chi connectivity index (χ0n) is 11.7. The minimum absolute atomic E-state index is 0.728. The van der Waals surface area contributed by atoms with Crippen molar-refractivity contribution in [1.29, 1.82) is 0 Å². The molecule has 1 aromatic heterocycles. The quantitative estimate of drug-likeness (QED) is 0.911. The average molecular weight is 257 g/mol. The zero-order valence-corrected chi connectivity index (χ0v) is 11.7. The highest BCUT2D eigenvalue weighted by atomic mass is 15.1. The lowest BCUT2D eigenvalue weighted by Gasteiger charge is -2.27. The van der Waals surface area contributed by atoms with Crippen LogP contribution in [0.3, 0.4) is 0 Å². The van der Waals surface area contributed by atoms with E-state index in [-0.39, 0.29) is 0 Å². The molecule has 1 N–H and O–H groups in total. The molecule has 1 aromatic carbocycles. The molecule has 2 aromatic rings. The van der Waals surface area contributed by atoms with Crippen LogP contribution in [0.1, 0.15) is 32.6 Å². The summed E-state index contributed by atoms with van der Waals surface area (Å²) in [4.78, 5) is 4.43. The molecule has 0 bridgehead atoms. The number of para-hydroxylation sites is 2. The number of nitrogens with one attached hydrogen (secondary N) is 1. The number of rotatable bonds is 4. The van der Waals surface area contributed by atoms with E-state index in [1.165, 1.54) is 31.2 Å². The fraction of sp³-hybridized carbons (Fsp3) is 0.562. The molecule has 19 heavy (non-hydrogen) atoms. The largest absolute Gasteiger partial charge is 0.329 e. The Morgan fingerprint density at radius 3 is 2.84 bits per heavy atom. The number of benzene rings is 1. The van der Waals surface area contributed by atoms with Gasteiger partial charge in [0.05, 0.1) is 17.4 Å². The molecule has 3 nitrogen and oxygen atoms in total. The van der Waals surface area contributed by atoms with E-state index in [2.05, 4.69) is 40.0 Å². The molecule has 0 atom stereocenters. The first-order chi connectivity index (χ1) is 9.33. The molecule has 1 aliphatic carbocycles. The van der Waals surface area contributed by atoms with Crippen LogP contribution in [0, 0.1) is 5.92 Å². The Morgan fingerprint density at radius 2 is 2.00 bits per heavy atom. The molecule has 102 valence electrons. The molecule has 0 radical (unpaired) electrons. The fourth-order valence-corrected chi connectivity index (χ4v) is 3.04. The van der Waals surface area contributed by atoms with E-state index in [0.29, 0.717) is 0 Å². The van der Waals surface area contributed by atoms with E-state index in [1.807, 2.05) is 12.4 Å². The molecule has 1 fully saturated rings. The van der Waals surface area contributed by atoms with E-state index in [0.717, 1.165) is 30.6 Å².